The van der Waals surface area contributed by atoms with Crippen molar-refractivity contribution in [1.82, 2.24) is 4.98 Å². The van der Waals surface area contributed by atoms with Gasteiger partial charge in [0, 0.05) is 80.8 Å². The van der Waals surface area contributed by atoms with Crippen LogP contribution >= 0.6 is 12.2 Å². The highest BCUT2D eigenvalue weighted by Gasteiger charge is 2.30. The third-order valence-corrected chi connectivity index (χ3v) is 19.5. The lowest BCUT2D eigenvalue weighted by molar-refractivity contribution is 0.105. The zero-order valence-electron chi connectivity index (χ0n) is 58.7. The summed E-state index contributed by atoms with van der Waals surface area (Å²) in [6, 6.07) is 36.7. The predicted molar refractivity (Wildman–Crippen MR) is 399 cm³/mol. The number of nitrogens with zero attached hydrogens (tertiary/aromatic N) is 3. The molecule has 0 radical (unpaired) electrons. The number of thiocarbonyl (C=S) groups is 1. The molecule has 14 nitrogen and oxygen atoms in total. The van der Waals surface area contributed by atoms with Gasteiger partial charge in [-0.05, 0) is 209 Å². The number of aromatic nitrogens is 1. The van der Waals surface area contributed by atoms with Gasteiger partial charge in [0.25, 0.3) is 0 Å². The Bertz CT molecular complexity index is 4230. The number of fused-ring (bicyclic) bond motifs is 3. The van der Waals surface area contributed by atoms with Crippen LogP contribution in [0.15, 0.2) is 133 Å². The molecule has 8 aromatic rings. The number of pyridine rings is 1. The first-order valence-electron chi connectivity index (χ1n) is 34.9. The number of hydrogen-bond acceptors (Lipinski definition) is 12. The number of aryl methyl sites for hydroxylation is 3. The first kappa shape index (κ1) is 74.2. The number of nitrogens with two attached hydrogens (primary N) is 1. The van der Waals surface area contributed by atoms with E-state index in [-0.39, 0.29) is 36.8 Å². The van der Waals surface area contributed by atoms with Crippen LogP contribution in [-0.4, -0.2) is 56.5 Å². The third-order valence-electron chi connectivity index (χ3n) is 19.0. The minimum absolute atomic E-state index is 0.0228. The van der Waals surface area contributed by atoms with E-state index < -0.39 is 47.1 Å². The van der Waals surface area contributed by atoms with E-state index in [1.54, 1.807) is 12.1 Å². The van der Waals surface area contributed by atoms with Crippen LogP contribution in [0.4, 0.5) is 87.1 Å². The second-order valence-corrected chi connectivity index (χ2v) is 27.9. The number of nitrogen functional groups attached to an aromatic ring is 1. The Morgan fingerprint density at radius 2 is 1.11 bits per heavy atom. The topological polar surface area (TPSA) is 170 Å². The van der Waals surface area contributed by atoms with Gasteiger partial charge in [0.15, 0.2) is 23.3 Å². The Morgan fingerprint density at radius 3 is 1.67 bits per heavy atom. The third kappa shape index (κ3) is 19.9. The highest BCUT2D eigenvalue weighted by molar-refractivity contribution is 7.80. The van der Waals surface area contributed by atoms with E-state index >= 15 is 0 Å². The Morgan fingerprint density at radius 1 is 0.564 bits per heavy atom. The van der Waals surface area contributed by atoms with E-state index in [4.69, 9.17) is 27.4 Å². The SMILES string of the molecule is CC(CC1CCCC1)OC(=O)Nc1cc2c(cc1N)C(Nc1cc(F)cc(F)c1)CCC2.Cc1cccc(CC(C)C(=S)Nc2ccc3c(c2N(C)C)CCCC3Nc2ccc(F)c(F)c2)n1.Cc1cccc(COC(=O)Nc2ccc3c(c2N(C)C)CCCC3Nc2ccc(F)c(F)c2)c1. The highest BCUT2D eigenvalue weighted by atomic mass is 32.1. The Labute approximate surface area is 594 Å². The minimum atomic E-state index is -0.876. The van der Waals surface area contributed by atoms with E-state index in [9.17, 15) is 35.9 Å². The van der Waals surface area contributed by atoms with Crippen molar-refractivity contribution in [2.24, 2.45) is 11.8 Å². The van der Waals surface area contributed by atoms with Gasteiger partial charge in [-0.25, -0.2) is 35.9 Å². The first-order valence-corrected chi connectivity index (χ1v) is 35.3. The molecular formula is C80H92F6N10O4S. The zero-order valence-corrected chi connectivity index (χ0v) is 59.5. The molecule has 4 aliphatic carbocycles. The molecular weight excluding hydrogens is 1310 g/mol. The Hall–Kier alpha value is -9.50. The fraction of sp³-hybridized carbons (Fsp3) is 0.375. The number of rotatable bonds is 19. The molecule has 7 aromatic carbocycles. The molecule has 101 heavy (non-hydrogen) atoms. The largest absolute Gasteiger partial charge is 0.446 e. The van der Waals surface area contributed by atoms with Crippen LogP contribution in [0.1, 0.15) is 158 Å². The lowest BCUT2D eigenvalue weighted by atomic mass is 9.85. The molecule has 1 heterocycles. The van der Waals surface area contributed by atoms with Gasteiger partial charge in [-0.3, -0.25) is 15.6 Å². The first-order chi connectivity index (χ1) is 48.4. The number of amides is 2. The van der Waals surface area contributed by atoms with E-state index in [2.05, 4.69) is 60.8 Å². The molecule has 8 N–H and O–H groups in total. The molecule has 534 valence electrons. The Balaban J connectivity index is 0.000000164. The zero-order chi connectivity index (χ0) is 72.0. The van der Waals surface area contributed by atoms with Gasteiger partial charge in [-0.1, -0.05) is 92.9 Å². The standard InChI is InChI=1S/C28H32F2N4S.C27H29F2N3O2.C25H31F2N3O2/c1-17(15-19-8-5-7-18(2)31-19)28(35)33-26-14-12-21-22(27(26)34(3)4)9-6-10-25(21)32-20-11-13-23(29)24(30)16-20;1-17-6-4-7-18(14-17)16-34-27(33)31-25-13-11-20-21(26(25)32(2)3)8-5-9-24(20)30-19-10-12-22(28)23(29)15-19;1-15(9-16-5-2-3-6-16)32-25(31)30-24-10-17-7-4-8-23(21(17)14-22(24)28)29-20-12-18(26)11-19(27)13-20/h5,7-8,11-14,16-17,25,32H,6,9-10,15H2,1-4H3,(H,33,35);4,6-7,10-15,24,30H,5,8-9,16H2,1-3H3,(H,31,33);10-16,23,29H,2-9,28H2,1H3,(H,30,31). The molecule has 1 fully saturated rings. The van der Waals surface area contributed by atoms with E-state index in [0.29, 0.717) is 40.0 Å². The fourth-order valence-electron chi connectivity index (χ4n) is 14.4. The number of anilines is 9. The Kier molecular flexibility index (Phi) is 25.2. The molecule has 5 atom stereocenters. The van der Waals surface area contributed by atoms with Gasteiger partial charge in [0.2, 0.25) is 0 Å². The minimum Gasteiger partial charge on any atom is -0.446 e. The number of halogens is 6. The summed E-state index contributed by atoms with van der Waals surface area (Å²) in [6.45, 7) is 8.23. The lowest BCUT2D eigenvalue weighted by Gasteiger charge is -2.32. The van der Waals surface area contributed by atoms with Crippen LogP contribution in [0, 0.1) is 60.6 Å². The van der Waals surface area contributed by atoms with E-state index in [0.717, 1.165) is 156 Å². The van der Waals surface area contributed by atoms with Crippen LogP contribution < -0.4 is 47.4 Å². The molecule has 2 amide bonds. The molecule has 1 aromatic heterocycles. The van der Waals surface area contributed by atoms with Crippen molar-refractivity contribution in [2.45, 2.75) is 155 Å². The summed E-state index contributed by atoms with van der Waals surface area (Å²) in [5.41, 5.74) is 23.1. The molecule has 4 aliphatic rings. The van der Waals surface area contributed by atoms with Crippen molar-refractivity contribution in [3.05, 3.63) is 224 Å². The normalized spacial score (nSPS) is 16.6. The molecule has 12 rings (SSSR count). The van der Waals surface area contributed by atoms with Crippen LogP contribution in [0.3, 0.4) is 0 Å². The van der Waals surface area contributed by atoms with Gasteiger partial charge >= 0.3 is 12.2 Å². The fourth-order valence-corrected chi connectivity index (χ4v) is 14.6. The van der Waals surface area contributed by atoms with Gasteiger partial charge < -0.3 is 46.3 Å². The van der Waals surface area contributed by atoms with Gasteiger partial charge in [-0.2, -0.15) is 0 Å². The smallest absolute Gasteiger partial charge is 0.412 e. The molecule has 21 heteroatoms. The summed E-state index contributed by atoms with van der Waals surface area (Å²) in [6.07, 6.45) is 13.5. The lowest BCUT2D eigenvalue weighted by Crippen LogP contribution is -2.25. The molecule has 5 unspecified atom stereocenters. The van der Waals surface area contributed by atoms with Gasteiger partial charge in [0.05, 0.1) is 57.2 Å². The van der Waals surface area contributed by atoms with Crippen molar-refractivity contribution >= 4 is 80.6 Å². The number of benzene rings is 7. The molecule has 0 aliphatic heterocycles. The molecule has 0 spiro atoms. The number of ether oxygens (including phenoxy) is 2. The number of nitrogens with one attached hydrogen (secondary N) is 6. The molecule has 1 saturated carbocycles. The van der Waals surface area contributed by atoms with Crippen molar-refractivity contribution < 1.29 is 45.4 Å². The number of hydrogen-bond donors (Lipinski definition) is 7. The highest BCUT2D eigenvalue weighted by Crippen LogP contribution is 2.44. The van der Waals surface area contributed by atoms with Crippen LogP contribution in [0.5, 0.6) is 0 Å². The van der Waals surface area contributed by atoms with E-state index in [1.807, 2.05) is 121 Å². The predicted octanol–water partition coefficient (Wildman–Crippen LogP) is 20.0. The summed E-state index contributed by atoms with van der Waals surface area (Å²) in [5.74, 6) is -3.90. The van der Waals surface area contributed by atoms with Crippen LogP contribution in [0.25, 0.3) is 0 Å². The van der Waals surface area contributed by atoms with E-state index in [1.165, 1.54) is 61.1 Å². The molecule has 0 saturated heterocycles. The average Bonchev–Trinajstić information content (AvgIpc) is 1.06. The van der Waals surface area contributed by atoms with Gasteiger partial charge in [-0.15, -0.1) is 0 Å². The summed E-state index contributed by atoms with van der Waals surface area (Å²) >= 11 is 5.79. The molecule has 0 bridgehead atoms. The summed E-state index contributed by atoms with van der Waals surface area (Å²) in [4.78, 5) is 34.5. The van der Waals surface area contributed by atoms with Crippen molar-refractivity contribution in [1.29, 1.82) is 0 Å². The quantitative estimate of drug-likeness (QED) is 0.0232. The second kappa shape index (κ2) is 34.2. The average molecular weight is 1400 g/mol. The monoisotopic (exact) mass is 1400 g/mol. The summed E-state index contributed by atoms with van der Waals surface area (Å²) in [5, 5.41) is 19.1. The van der Waals surface area contributed by atoms with Crippen LogP contribution in [-0.2, 0) is 41.8 Å². The van der Waals surface area contributed by atoms with Gasteiger partial charge in [0.1, 0.15) is 24.3 Å². The van der Waals surface area contributed by atoms with Crippen molar-refractivity contribution in [2.75, 3.05) is 75.6 Å². The van der Waals surface area contributed by atoms with Crippen molar-refractivity contribution in [3.8, 4) is 0 Å². The number of carbonyl (C=O) groups excluding carboxylic acids is 2. The summed E-state index contributed by atoms with van der Waals surface area (Å²) in [7, 11) is 7.95. The summed E-state index contributed by atoms with van der Waals surface area (Å²) < 4.78 is 92.3. The maximum Gasteiger partial charge on any atom is 0.412 e. The second-order valence-electron chi connectivity index (χ2n) is 27.5. The maximum atomic E-state index is 13.8. The number of carbonyl (C=O) groups is 2. The van der Waals surface area contributed by atoms with Crippen molar-refractivity contribution in [3.63, 3.8) is 0 Å². The van der Waals surface area contributed by atoms with Crippen LogP contribution in [0.2, 0.25) is 0 Å². The maximum absolute atomic E-state index is 13.8.